The molecule has 2 aromatic rings. The quantitative estimate of drug-likeness (QED) is 0.424. The number of carbonyl (C=O) groups excluding carboxylic acids is 2. The maximum Gasteiger partial charge on any atom is 0.295 e. The van der Waals surface area contributed by atoms with Crippen molar-refractivity contribution in [3.05, 3.63) is 71.3 Å². The molecule has 0 aromatic heterocycles. The lowest BCUT2D eigenvalue weighted by Crippen LogP contribution is -2.37. The van der Waals surface area contributed by atoms with Gasteiger partial charge in [0, 0.05) is 11.6 Å². The zero-order valence-electron chi connectivity index (χ0n) is 17.2. The molecule has 1 amide bonds. The van der Waals surface area contributed by atoms with E-state index in [0.29, 0.717) is 17.9 Å². The predicted molar refractivity (Wildman–Crippen MR) is 115 cm³/mol. The molecule has 1 atom stereocenters. The van der Waals surface area contributed by atoms with Crippen molar-refractivity contribution in [2.45, 2.75) is 51.1 Å². The lowest BCUT2D eigenvalue weighted by Gasteiger charge is -2.30. The molecule has 1 aliphatic carbocycles. The van der Waals surface area contributed by atoms with E-state index in [1.807, 2.05) is 37.3 Å². The largest absolute Gasteiger partial charge is 0.507 e. The van der Waals surface area contributed by atoms with E-state index in [-0.39, 0.29) is 17.4 Å². The average Bonchev–Trinajstić information content (AvgIpc) is 3.40. The zero-order chi connectivity index (χ0) is 21.1. The number of hydrogen-bond donors (Lipinski definition) is 1. The molecule has 5 heteroatoms. The molecule has 2 fully saturated rings. The highest BCUT2D eigenvalue weighted by Gasteiger charge is 2.49. The summed E-state index contributed by atoms with van der Waals surface area (Å²) in [5.41, 5.74) is 1.51. The Balaban J connectivity index is 1.77. The van der Waals surface area contributed by atoms with Gasteiger partial charge >= 0.3 is 0 Å². The fourth-order valence-corrected chi connectivity index (χ4v) is 4.46. The molecule has 0 spiro atoms. The Morgan fingerprint density at radius 2 is 1.70 bits per heavy atom. The SMILES string of the molecule is CCCOc1ccc(/C(O)=C2/C(=O)C(=O)N(C3CCCC3)C2c2ccccc2)cc1. The summed E-state index contributed by atoms with van der Waals surface area (Å²) in [7, 11) is 0. The van der Waals surface area contributed by atoms with Crippen molar-refractivity contribution in [1.82, 2.24) is 4.90 Å². The van der Waals surface area contributed by atoms with Crippen molar-refractivity contribution in [1.29, 1.82) is 0 Å². The highest BCUT2D eigenvalue weighted by molar-refractivity contribution is 6.46. The summed E-state index contributed by atoms with van der Waals surface area (Å²) in [6.45, 7) is 2.65. The number of carbonyl (C=O) groups is 2. The molecule has 2 aromatic carbocycles. The van der Waals surface area contributed by atoms with E-state index >= 15 is 0 Å². The van der Waals surface area contributed by atoms with Gasteiger partial charge < -0.3 is 14.7 Å². The van der Waals surface area contributed by atoms with Crippen LogP contribution in [0.1, 0.15) is 56.2 Å². The number of amides is 1. The van der Waals surface area contributed by atoms with Gasteiger partial charge in [-0.05, 0) is 49.1 Å². The maximum atomic E-state index is 13.0. The summed E-state index contributed by atoms with van der Waals surface area (Å²) in [4.78, 5) is 27.8. The third-order valence-corrected chi connectivity index (χ3v) is 5.91. The molecule has 1 saturated heterocycles. The third-order valence-electron chi connectivity index (χ3n) is 5.91. The summed E-state index contributed by atoms with van der Waals surface area (Å²) in [6.07, 6.45) is 4.78. The Morgan fingerprint density at radius 1 is 1.03 bits per heavy atom. The standard InChI is InChI=1S/C25H27NO4/c1-2-16-30-20-14-12-18(13-15-20)23(27)21-22(17-8-4-3-5-9-17)26(25(29)24(21)28)19-10-6-7-11-19/h3-5,8-9,12-15,19,22,27H,2,6-7,10-11,16H2,1H3/b23-21-. The second-order valence-electron chi connectivity index (χ2n) is 7.93. The summed E-state index contributed by atoms with van der Waals surface area (Å²) in [6, 6.07) is 16.0. The van der Waals surface area contributed by atoms with Gasteiger partial charge in [0.15, 0.2) is 0 Å². The summed E-state index contributed by atoms with van der Waals surface area (Å²) >= 11 is 0. The van der Waals surface area contributed by atoms with Crippen LogP contribution in [0.3, 0.4) is 0 Å². The van der Waals surface area contributed by atoms with E-state index in [9.17, 15) is 14.7 Å². The number of nitrogens with zero attached hydrogens (tertiary/aromatic N) is 1. The summed E-state index contributed by atoms with van der Waals surface area (Å²) in [5.74, 6) is -0.552. The van der Waals surface area contributed by atoms with E-state index in [1.54, 1.807) is 29.2 Å². The van der Waals surface area contributed by atoms with Crippen LogP contribution >= 0.6 is 0 Å². The molecule has 30 heavy (non-hydrogen) atoms. The van der Waals surface area contributed by atoms with Crippen LogP contribution in [0.4, 0.5) is 0 Å². The molecular weight excluding hydrogens is 378 g/mol. The van der Waals surface area contributed by atoms with E-state index in [4.69, 9.17) is 4.74 Å². The molecular formula is C25H27NO4. The first-order valence-electron chi connectivity index (χ1n) is 10.7. The predicted octanol–water partition coefficient (Wildman–Crippen LogP) is 4.84. The lowest BCUT2D eigenvalue weighted by atomic mass is 9.94. The molecule has 0 radical (unpaired) electrons. The monoisotopic (exact) mass is 405 g/mol. The van der Waals surface area contributed by atoms with Crippen LogP contribution in [-0.2, 0) is 9.59 Å². The molecule has 1 N–H and O–H groups in total. The van der Waals surface area contributed by atoms with E-state index < -0.39 is 17.7 Å². The normalized spacial score (nSPS) is 21.4. The lowest BCUT2D eigenvalue weighted by molar-refractivity contribution is -0.141. The number of hydrogen-bond acceptors (Lipinski definition) is 4. The van der Waals surface area contributed by atoms with Crippen LogP contribution in [0.25, 0.3) is 5.76 Å². The van der Waals surface area contributed by atoms with E-state index in [2.05, 4.69) is 0 Å². The van der Waals surface area contributed by atoms with Crippen LogP contribution in [0.15, 0.2) is 60.2 Å². The number of aliphatic hydroxyl groups is 1. The van der Waals surface area contributed by atoms with Crippen molar-refractivity contribution in [3.8, 4) is 5.75 Å². The van der Waals surface area contributed by atoms with Crippen molar-refractivity contribution >= 4 is 17.4 Å². The molecule has 1 aliphatic heterocycles. The fourth-order valence-electron chi connectivity index (χ4n) is 4.46. The molecule has 5 nitrogen and oxygen atoms in total. The first-order valence-corrected chi connectivity index (χ1v) is 10.7. The van der Waals surface area contributed by atoms with Gasteiger partial charge in [-0.3, -0.25) is 9.59 Å². The fraction of sp³-hybridized carbons (Fsp3) is 0.360. The van der Waals surface area contributed by atoms with Crippen LogP contribution in [0.2, 0.25) is 0 Å². The second-order valence-corrected chi connectivity index (χ2v) is 7.93. The first-order chi connectivity index (χ1) is 14.6. The van der Waals surface area contributed by atoms with Gasteiger partial charge in [0.2, 0.25) is 0 Å². The van der Waals surface area contributed by atoms with Gasteiger partial charge in [-0.25, -0.2) is 0 Å². The summed E-state index contributed by atoms with van der Waals surface area (Å²) < 4.78 is 5.60. The van der Waals surface area contributed by atoms with Gasteiger partial charge in [-0.2, -0.15) is 0 Å². The van der Waals surface area contributed by atoms with Crippen LogP contribution in [-0.4, -0.2) is 34.3 Å². The van der Waals surface area contributed by atoms with Gasteiger partial charge in [-0.1, -0.05) is 50.1 Å². The zero-order valence-corrected chi connectivity index (χ0v) is 17.2. The highest BCUT2D eigenvalue weighted by Crippen LogP contribution is 2.43. The number of aliphatic hydroxyl groups excluding tert-OH is 1. The van der Waals surface area contributed by atoms with Crippen LogP contribution in [0.5, 0.6) is 5.75 Å². The number of ketones is 1. The van der Waals surface area contributed by atoms with Gasteiger partial charge in [-0.15, -0.1) is 0 Å². The van der Waals surface area contributed by atoms with Crippen LogP contribution in [0, 0.1) is 0 Å². The maximum absolute atomic E-state index is 13.0. The van der Waals surface area contributed by atoms with E-state index in [1.165, 1.54) is 0 Å². The number of likely N-dealkylation sites (tertiary alicyclic amines) is 1. The Kier molecular flexibility index (Phi) is 5.88. The van der Waals surface area contributed by atoms with Crippen molar-refractivity contribution in [2.75, 3.05) is 6.61 Å². The molecule has 1 saturated carbocycles. The Labute approximate surface area is 177 Å². The molecule has 0 bridgehead atoms. The topological polar surface area (TPSA) is 66.8 Å². The molecule has 1 unspecified atom stereocenters. The number of ether oxygens (including phenoxy) is 1. The van der Waals surface area contributed by atoms with Crippen molar-refractivity contribution in [3.63, 3.8) is 0 Å². The minimum Gasteiger partial charge on any atom is -0.507 e. The number of rotatable bonds is 6. The minimum atomic E-state index is -0.612. The van der Waals surface area contributed by atoms with Gasteiger partial charge in [0.1, 0.15) is 11.5 Å². The first kappa shape index (κ1) is 20.2. The average molecular weight is 405 g/mol. The second kappa shape index (κ2) is 8.74. The molecule has 2 aliphatic rings. The van der Waals surface area contributed by atoms with Gasteiger partial charge in [0.05, 0.1) is 18.2 Å². The number of benzene rings is 2. The van der Waals surface area contributed by atoms with Gasteiger partial charge in [0.25, 0.3) is 11.7 Å². The molecule has 156 valence electrons. The number of Topliss-reactive ketones (excluding diaryl/α,β-unsaturated/α-hetero) is 1. The van der Waals surface area contributed by atoms with Crippen LogP contribution < -0.4 is 4.74 Å². The summed E-state index contributed by atoms with van der Waals surface area (Å²) in [5, 5.41) is 11.1. The third kappa shape index (κ3) is 3.72. The Morgan fingerprint density at radius 3 is 2.33 bits per heavy atom. The molecule has 4 rings (SSSR count). The van der Waals surface area contributed by atoms with E-state index in [0.717, 1.165) is 37.7 Å². The molecule has 1 heterocycles. The minimum absolute atomic E-state index is 0.0294. The van der Waals surface area contributed by atoms with Crippen molar-refractivity contribution < 1.29 is 19.4 Å². The van der Waals surface area contributed by atoms with Crippen molar-refractivity contribution in [2.24, 2.45) is 0 Å². The Bertz CT molecular complexity index is 943. The highest BCUT2D eigenvalue weighted by atomic mass is 16.5. The smallest absolute Gasteiger partial charge is 0.295 e. The Hall–Kier alpha value is -3.08.